The van der Waals surface area contributed by atoms with Crippen LogP contribution in [0.5, 0.6) is 0 Å². The van der Waals surface area contributed by atoms with E-state index in [1.165, 1.54) is 41.3 Å². The predicted molar refractivity (Wildman–Crippen MR) is 112 cm³/mol. The highest BCUT2D eigenvalue weighted by molar-refractivity contribution is 5.99. The molecule has 0 spiro atoms. The molecule has 5 N–H and O–H groups in total. The summed E-state index contributed by atoms with van der Waals surface area (Å²) in [6.45, 7) is 0.346. The number of nitrogens with zero attached hydrogens (tertiary/aromatic N) is 2. The van der Waals surface area contributed by atoms with Crippen LogP contribution in [0.4, 0.5) is 4.39 Å². The molecule has 0 bridgehead atoms. The molecular formula is C21H26FN5O3. The average molecular weight is 415 g/mol. The lowest BCUT2D eigenvalue weighted by molar-refractivity contribution is -0.127. The molecule has 9 heteroatoms. The van der Waals surface area contributed by atoms with Crippen molar-refractivity contribution < 1.29 is 18.8 Å². The number of rotatable bonds is 7. The van der Waals surface area contributed by atoms with Crippen molar-refractivity contribution in [3.05, 3.63) is 64.9 Å². The van der Waals surface area contributed by atoms with E-state index in [0.29, 0.717) is 42.5 Å². The summed E-state index contributed by atoms with van der Waals surface area (Å²) in [5.74, 6) is -1.08. The van der Waals surface area contributed by atoms with Gasteiger partial charge in [-0.3, -0.25) is 14.4 Å². The number of hydrogen-bond donors (Lipinski definition) is 3. The minimum Gasteiger partial charge on any atom is -0.398 e. The van der Waals surface area contributed by atoms with E-state index in [4.69, 9.17) is 11.5 Å². The zero-order chi connectivity index (χ0) is 22.3. The zero-order valence-electron chi connectivity index (χ0n) is 17.0. The van der Waals surface area contributed by atoms with Gasteiger partial charge in [0.05, 0.1) is 6.54 Å². The minimum absolute atomic E-state index is 0.0575. The molecule has 0 saturated carbocycles. The largest absolute Gasteiger partial charge is 0.398 e. The highest BCUT2D eigenvalue weighted by Gasteiger charge is 2.28. The number of allylic oxidation sites excluding steroid dienone is 3. The summed E-state index contributed by atoms with van der Waals surface area (Å²) in [7, 11) is 3.17. The van der Waals surface area contributed by atoms with Crippen molar-refractivity contribution in [2.45, 2.75) is 12.8 Å². The maximum absolute atomic E-state index is 13.0. The average Bonchev–Trinajstić information content (AvgIpc) is 2.71. The summed E-state index contributed by atoms with van der Waals surface area (Å²) in [5, 5.41) is 2.53. The Labute approximate surface area is 174 Å². The van der Waals surface area contributed by atoms with Crippen LogP contribution in [0.1, 0.15) is 18.4 Å². The molecule has 1 aromatic carbocycles. The molecule has 1 aromatic rings. The van der Waals surface area contributed by atoms with Gasteiger partial charge in [-0.05, 0) is 42.7 Å². The first-order valence-electron chi connectivity index (χ1n) is 9.36. The van der Waals surface area contributed by atoms with Crippen LogP contribution in [-0.4, -0.2) is 55.1 Å². The number of hydrogen-bond acceptors (Lipinski definition) is 6. The van der Waals surface area contributed by atoms with Crippen LogP contribution < -0.4 is 16.8 Å². The molecule has 2 rings (SSSR count). The van der Waals surface area contributed by atoms with Crippen molar-refractivity contribution in [1.82, 2.24) is 15.1 Å². The van der Waals surface area contributed by atoms with Gasteiger partial charge in [-0.15, -0.1) is 0 Å². The van der Waals surface area contributed by atoms with Crippen LogP contribution in [0, 0.1) is 5.82 Å². The monoisotopic (exact) mass is 415 g/mol. The van der Waals surface area contributed by atoms with E-state index in [1.807, 2.05) is 0 Å². The second-order valence-electron chi connectivity index (χ2n) is 7.02. The fourth-order valence-electron chi connectivity index (χ4n) is 2.98. The molecule has 0 unspecified atom stereocenters. The molecule has 8 nitrogen and oxygen atoms in total. The van der Waals surface area contributed by atoms with E-state index in [9.17, 15) is 18.8 Å². The Morgan fingerprint density at radius 2 is 1.87 bits per heavy atom. The van der Waals surface area contributed by atoms with Gasteiger partial charge in [0, 0.05) is 31.9 Å². The van der Waals surface area contributed by atoms with E-state index in [2.05, 4.69) is 5.32 Å². The summed E-state index contributed by atoms with van der Waals surface area (Å²) in [6.07, 6.45) is 4.73. The number of carbonyl (C=O) groups excluding carboxylic acids is 3. The Bertz CT molecular complexity index is 904. The summed E-state index contributed by atoms with van der Waals surface area (Å²) in [6, 6.07) is 5.63. The number of aldehydes is 1. The highest BCUT2D eigenvalue weighted by atomic mass is 19.1. The second-order valence-corrected chi connectivity index (χ2v) is 7.02. The van der Waals surface area contributed by atoms with Gasteiger partial charge in [-0.1, -0.05) is 12.1 Å². The van der Waals surface area contributed by atoms with Crippen LogP contribution in [-0.2, 0) is 14.4 Å². The van der Waals surface area contributed by atoms with Crippen molar-refractivity contribution in [3.8, 4) is 0 Å². The Morgan fingerprint density at radius 1 is 1.20 bits per heavy atom. The quantitative estimate of drug-likeness (QED) is 0.445. The number of benzene rings is 1. The Hall–Kier alpha value is -3.62. The van der Waals surface area contributed by atoms with Crippen molar-refractivity contribution in [1.29, 1.82) is 0 Å². The Kier molecular flexibility index (Phi) is 7.74. The molecule has 0 radical (unpaired) electrons. The van der Waals surface area contributed by atoms with Gasteiger partial charge in [0.1, 0.15) is 23.6 Å². The molecule has 1 heterocycles. The van der Waals surface area contributed by atoms with E-state index in [-0.39, 0.29) is 29.8 Å². The summed E-state index contributed by atoms with van der Waals surface area (Å²) >= 11 is 0. The maximum atomic E-state index is 13.0. The Morgan fingerprint density at radius 3 is 2.47 bits per heavy atom. The van der Waals surface area contributed by atoms with E-state index < -0.39 is 5.91 Å². The van der Waals surface area contributed by atoms with Crippen molar-refractivity contribution in [3.63, 3.8) is 0 Å². The number of nitrogens with two attached hydrogens (primary N) is 2. The van der Waals surface area contributed by atoms with Crippen molar-refractivity contribution in [2.24, 2.45) is 11.5 Å². The van der Waals surface area contributed by atoms with Gasteiger partial charge in [0.25, 0.3) is 5.91 Å². The first-order chi connectivity index (χ1) is 14.2. The number of likely N-dealkylation sites (N-methyl/N-ethyl adjacent to an activating group) is 1. The van der Waals surface area contributed by atoms with Crippen LogP contribution in [0.15, 0.2) is 53.5 Å². The summed E-state index contributed by atoms with van der Waals surface area (Å²) < 4.78 is 13.0. The molecule has 0 aromatic heterocycles. The van der Waals surface area contributed by atoms with Gasteiger partial charge in [-0.25, -0.2) is 4.39 Å². The van der Waals surface area contributed by atoms with E-state index in [1.54, 1.807) is 19.0 Å². The summed E-state index contributed by atoms with van der Waals surface area (Å²) in [4.78, 5) is 39.2. The Balaban J connectivity index is 2.07. The van der Waals surface area contributed by atoms with Gasteiger partial charge in [0.15, 0.2) is 0 Å². The van der Waals surface area contributed by atoms with E-state index >= 15 is 0 Å². The van der Waals surface area contributed by atoms with Gasteiger partial charge in [-0.2, -0.15) is 0 Å². The lowest BCUT2D eigenvalue weighted by Crippen LogP contribution is -2.44. The van der Waals surface area contributed by atoms with Crippen LogP contribution >= 0.6 is 0 Å². The molecular weight excluding hydrogens is 389 g/mol. The second kappa shape index (κ2) is 10.2. The molecule has 2 amide bonds. The minimum atomic E-state index is -0.436. The molecule has 0 atom stereocenters. The third-order valence-corrected chi connectivity index (χ3v) is 4.48. The molecule has 0 aliphatic carbocycles. The normalized spacial score (nSPS) is 15.1. The molecule has 1 aliphatic heterocycles. The van der Waals surface area contributed by atoms with Crippen molar-refractivity contribution in [2.75, 3.05) is 27.2 Å². The number of halogens is 1. The standard InChI is InChI=1S/C21H26FN5O3/c1-26(2)21(30)20-15(13-28)4-3-11-27(20)12-19(29)25-18(24)10-9-17(23)14-5-7-16(22)8-6-14/h5-10,13H,3-4,11-12,23-24H2,1-2H3,(H,25,29)/b17-9-,18-10+. The first kappa shape index (κ1) is 22.7. The number of amides is 2. The van der Waals surface area contributed by atoms with Gasteiger partial charge < -0.3 is 26.6 Å². The SMILES string of the molecule is CN(C)C(=O)C1=C(C=O)CCCN1CC(=O)N/C(N)=C/C=C(\N)c1ccc(F)cc1. The molecule has 0 fully saturated rings. The first-order valence-corrected chi connectivity index (χ1v) is 9.36. The number of carbonyl (C=O) groups is 3. The fraction of sp³-hybridized carbons (Fsp3) is 0.286. The number of nitrogens with one attached hydrogen (secondary N) is 1. The maximum Gasteiger partial charge on any atom is 0.270 e. The zero-order valence-corrected chi connectivity index (χ0v) is 17.0. The van der Waals surface area contributed by atoms with Gasteiger partial charge >= 0.3 is 0 Å². The topological polar surface area (TPSA) is 122 Å². The lowest BCUT2D eigenvalue weighted by Gasteiger charge is -2.32. The van der Waals surface area contributed by atoms with E-state index in [0.717, 1.165) is 0 Å². The van der Waals surface area contributed by atoms with Crippen molar-refractivity contribution >= 4 is 23.8 Å². The van der Waals surface area contributed by atoms with Crippen LogP contribution in [0.25, 0.3) is 5.70 Å². The third kappa shape index (κ3) is 5.94. The molecule has 1 aliphatic rings. The molecule has 160 valence electrons. The van der Waals surface area contributed by atoms with Crippen LogP contribution in [0.2, 0.25) is 0 Å². The molecule has 30 heavy (non-hydrogen) atoms. The highest BCUT2D eigenvalue weighted by Crippen LogP contribution is 2.22. The fourth-order valence-corrected chi connectivity index (χ4v) is 2.98. The molecule has 0 saturated heterocycles. The smallest absolute Gasteiger partial charge is 0.270 e. The third-order valence-electron chi connectivity index (χ3n) is 4.48. The van der Waals surface area contributed by atoms with Crippen LogP contribution in [0.3, 0.4) is 0 Å². The lowest BCUT2D eigenvalue weighted by atomic mass is 10.0. The predicted octanol–water partition coefficient (Wildman–Crippen LogP) is 0.679. The van der Waals surface area contributed by atoms with Gasteiger partial charge in [0.2, 0.25) is 5.91 Å². The summed E-state index contributed by atoms with van der Waals surface area (Å²) in [5.41, 5.74) is 13.3.